The molecule has 6 heteroatoms. The van der Waals surface area contributed by atoms with E-state index in [-0.39, 0.29) is 17.2 Å². The molecule has 0 saturated carbocycles. The second-order valence-electron chi connectivity index (χ2n) is 5.71. The lowest BCUT2D eigenvalue weighted by Gasteiger charge is -2.08. The van der Waals surface area contributed by atoms with Crippen LogP contribution in [0, 0.1) is 0 Å². The van der Waals surface area contributed by atoms with Gasteiger partial charge in [-0.15, -0.1) is 0 Å². The number of hydrogen-bond donors (Lipinski definition) is 0. The molecule has 0 saturated heterocycles. The zero-order valence-corrected chi connectivity index (χ0v) is 15.3. The predicted molar refractivity (Wildman–Crippen MR) is 98.7 cm³/mol. The summed E-state index contributed by atoms with van der Waals surface area (Å²) in [6.45, 7) is 4.00. The van der Waals surface area contributed by atoms with E-state index in [1.807, 2.05) is 45.2 Å². The summed E-state index contributed by atoms with van der Waals surface area (Å²) in [7, 11) is 3.16. The number of fused-ring (bicyclic) bond motifs is 2. The topological polar surface area (TPSA) is 40.6 Å². The molecule has 2 heterocycles. The van der Waals surface area contributed by atoms with Gasteiger partial charge in [0.15, 0.2) is 0 Å². The maximum atomic E-state index is 13.2. The molecule has 0 N–H and O–H groups in total. The van der Waals surface area contributed by atoms with Gasteiger partial charge in [-0.1, -0.05) is 50.2 Å². The Balaban J connectivity index is 0.000000173. The molecule has 0 aliphatic carbocycles. The summed E-state index contributed by atoms with van der Waals surface area (Å²) in [5.41, 5.74) is 2.28. The van der Waals surface area contributed by atoms with Crippen LogP contribution in [0.4, 0.5) is 20.2 Å². The molecule has 0 atom stereocenters. The van der Waals surface area contributed by atoms with E-state index < -0.39 is 11.8 Å². The van der Waals surface area contributed by atoms with E-state index in [1.165, 1.54) is 25.2 Å². The van der Waals surface area contributed by atoms with E-state index in [9.17, 15) is 18.4 Å². The average Bonchev–Trinajstić information content (AvgIpc) is 3.05. The van der Waals surface area contributed by atoms with Crippen LogP contribution in [0.5, 0.6) is 0 Å². The SMILES string of the molecule is CC.CN1C(=O)C(F)(F)c2ccccc21.CN1C(=O)Cc2ccccc21. The molecule has 0 fully saturated rings. The Morgan fingerprint density at radius 2 is 1.38 bits per heavy atom. The van der Waals surface area contributed by atoms with Crippen LogP contribution in [-0.2, 0) is 21.9 Å². The van der Waals surface area contributed by atoms with Crippen molar-refractivity contribution >= 4 is 23.2 Å². The van der Waals surface area contributed by atoms with Crippen LogP contribution in [0.3, 0.4) is 0 Å². The van der Waals surface area contributed by atoms with Crippen molar-refractivity contribution in [1.82, 2.24) is 0 Å². The van der Waals surface area contributed by atoms with Crippen molar-refractivity contribution in [1.29, 1.82) is 0 Å². The number of para-hydroxylation sites is 2. The van der Waals surface area contributed by atoms with Crippen LogP contribution >= 0.6 is 0 Å². The van der Waals surface area contributed by atoms with Crippen molar-refractivity contribution in [3.8, 4) is 0 Å². The van der Waals surface area contributed by atoms with Crippen LogP contribution in [0.2, 0.25) is 0 Å². The minimum atomic E-state index is -3.36. The highest BCUT2D eigenvalue weighted by atomic mass is 19.3. The maximum Gasteiger partial charge on any atom is 0.352 e. The molecule has 2 aliphatic heterocycles. The first-order valence-corrected chi connectivity index (χ1v) is 8.44. The molecule has 0 bridgehead atoms. The van der Waals surface area contributed by atoms with Crippen molar-refractivity contribution in [3.05, 3.63) is 59.7 Å². The first kappa shape index (κ1) is 19.6. The first-order chi connectivity index (χ1) is 12.3. The number of likely N-dealkylation sites (N-methyl/N-ethyl adjacent to an activating group) is 2. The molecule has 4 nitrogen and oxygen atoms in total. The zero-order chi connectivity index (χ0) is 19.5. The number of hydrogen-bond acceptors (Lipinski definition) is 2. The largest absolute Gasteiger partial charge is 0.352 e. The van der Waals surface area contributed by atoms with Crippen molar-refractivity contribution in [2.45, 2.75) is 26.2 Å². The van der Waals surface area contributed by atoms with E-state index in [4.69, 9.17) is 0 Å². The fraction of sp³-hybridized carbons (Fsp3) is 0.300. The van der Waals surface area contributed by atoms with Crippen molar-refractivity contribution in [2.24, 2.45) is 0 Å². The Morgan fingerprint density at radius 1 is 0.846 bits per heavy atom. The summed E-state index contributed by atoms with van der Waals surface area (Å²) in [5.74, 6) is -4.33. The molecule has 2 aromatic carbocycles. The number of nitrogens with zero attached hydrogens (tertiary/aromatic N) is 2. The molecule has 4 rings (SSSR count). The number of carbonyl (C=O) groups is 2. The minimum absolute atomic E-state index is 0.186. The number of carbonyl (C=O) groups excluding carboxylic acids is 2. The van der Waals surface area contributed by atoms with Gasteiger partial charge in [-0.25, -0.2) is 0 Å². The van der Waals surface area contributed by atoms with Crippen LogP contribution in [-0.4, -0.2) is 25.9 Å². The lowest BCUT2D eigenvalue weighted by atomic mass is 10.1. The third kappa shape index (κ3) is 3.31. The molecule has 0 spiro atoms. The molecule has 0 radical (unpaired) electrons. The summed E-state index contributed by atoms with van der Waals surface area (Å²) in [6.07, 6.45) is 0.562. The van der Waals surface area contributed by atoms with Gasteiger partial charge in [0.25, 0.3) is 0 Å². The van der Waals surface area contributed by atoms with Crippen molar-refractivity contribution < 1.29 is 18.4 Å². The van der Waals surface area contributed by atoms with Gasteiger partial charge < -0.3 is 9.80 Å². The van der Waals surface area contributed by atoms with Crippen LogP contribution in [0.25, 0.3) is 0 Å². The molecule has 2 amide bonds. The predicted octanol–water partition coefficient (Wildman–Crippen LogP) is 3.99. The Labute approximate surface area is 152 Å². The van der Waals surface area contributed by atoms with Crippen molar-refractivity contribution in [2.75, 3.05) is 23.9 Å². The Kier molecular flexibility index (Phi) is 5.75. The zero-order valence-electron chi connectivity index (χ0n) is 15.3. The molecular formula is C20H22F2N2O2. The van der Waals surface area contributed by atoms with Gasteiger partial charge in [-0.2, -0.15) is 8.78 Å². The van der Waals surface area contributed by atoms with Gasteiger partial charge in [0.2, 0.25) is 5.91 Å². The average molecular weight is 360 g/mol. The maximum absolute atomic E-state index is 13.2. The molecule has 0 aromatic heterocycles. The number of alkyl halides is 2. The monoisotopic (exact) mass is 360 g/mol. The van der Waals surface area contributed by atoms with Gasteiger partial charge in [0.1, 0.15) is 0 Å². The lowest BCUT2D eigenvalue weighted by molar-refractivity contribution is -0.141. The fourth-order valence-corrected chi connectivity index (χ4v) is 2.87. The van der Waals surface area contributed by atoms with E-state index in [0.29, 0.717) is 6.42 Å². The fourth-order valence-electron chi connectivity index (χ4n) is 2.87. The summed E-state index contributed by atoms with van der Waals surface area (Å²) < 4.78 is 26.4. The summed E-state index contributed by atoms with van der Waals surface area (Å²) in [5, 5.41) is 0. The molecule has 2 aliphatic rings. The molecule has 2 aromatic rings. The van der Waals surface area contributed by atoms with E-state index in [2.05, 4.69) is 0 Å². The van der Waals surface area contributed by atoms with Crippen molar-refractivity contribution in [3.63, 3.8) is 0 Å². The highest BCUT2D eigenvalue weighted by Gasteiger charge is 2.51. The van der Waals surface area contributed by atoms with Gasteiger partial charge in [-0.3, -0.25) is 9.59 Å². The minimum Gasteiger partial charge on any atom is -0.315 e. The van der Waals surface area contributed by atoms with Crippen LogP contribution < -0.4 is 9.80 Å². The van der Waals surface area contributed by atoms with Crippen LogP contribution in [0.1, 0.15) is 25.0 Å². The smallest absolute Gasteiger partial charge is 0.315 e. The van der Waals surface area contributed by atoms with E-state index >= 15 is 0 Å². The molecule has 26 heavy (non-hydrogen) atoms. The second kappa shape index (κ2) is 7.64. The molecule has 138 valence electrons. The Hall–Kier alpha value is -2.76. The Bertz CT molecular complexity index is 821. The summed E-state index contributed by atoms with van der Waals surface area (Å²) in [6, 6.07) is 13.8. The number of benzene rings is 2. The highest BCUT2D eigenvalue weighted by Crippen LogP contribution is 2.42. The quantitative estimate of drug-likeness (QED) is 0.713. The number of halogens is 2. The number of amides is 2. The summed E-state index contributed by atoms with van der Waals surface area (Å²) in [4.78, 5) is 24.9. The van der Waals surface area contributed by atoms with E-state index in [0.717, 1.165) is 16.2 Å². The third-order valence-electron chi connectivity index (χ3n) is 4.25. The number of anilines is 2. The summed E-state index contributed by atoms with van der Waals surface area (Å²) >= 11 is 0. The van der Waals surface area contributed by atoms with Gasteiger partial charge in [0, 0.05) is 19.8 Å². The first-order valence-electron chi connectivity index (χ1n) is 8.44. The van der Waals surface area contributed by atoms with Gasteiger partial charge in [0.05, 0.1) is 17.7 Å². The highest BCUT2D eigenvalue weighted by molar-refractivity contribution is 6.05. The second-order valence-corrected chi connectivity index (χ2v) is 5.71. The third-order valence-corrected chi connectivity index (χ3v) is 4.25. The standard InChI is InChI=1S/C9H7F2NO.C9H9NO.C2H6/c1-12-7-5-3-2-4-6(7)9(10,11)8(12)13;1-10-8-5-3-2-4-7(8)6-9(10)11;1-2/h2-5H,1H3;2-5H,6H2,1H3;1-2H3. The Morgan fingerprint density at radius 3 is 1.96 bits per heavy atom. The molecular weight excluding hydrogens is 338 g/mol. The molecule has 0 unspecified atom stereocenters. The van der Waals surface area contributed by atoms with Gasteiger partial charge in [-0.05, 0) is 17.7 Å². The normalized spacial score (nSPS) is 16.2. The van der Waals surface area contributed by atoms with Gasteiger partial charge >= 0.3 is 11.8 Å². The van der Waals surface area contributed by atoms with Crippen LogP contribution in [0.15, 0.2) is 48.5 Å². The lowest BCUT2D eigenvalue weighted by Crippen LogP contribution is -2.31. The van der Waals surface area contributed by atoms with E-state index in [1.54, 1.807) is 11.0 Å². The number of rotatable bonds is 0.